The first kappa shape index (κ1) is 24.6. The Hall–Kier alpha value is -2.50. The van der Waals surface area contributed by atoms with E-state index in [0.717, 1.165) is 24.8 Å². The zero-order valence-corrected chi connectivity index (χ0v) is 21.2. The molecule has 0 aromatic carbocycles. The Kier molecular flexibility index (Phi) is 5.81. The molecule has 0 radical (unpaired) electrons. The predicted molar refractivity (Wildman–Crippen MR) is 127 cm³/mol. The van der Waals surface area contributed by atoms with Crippen molar-refractivity contribution in [2.45, 2.75) is 79.2 Å². The van der Waals surface area contributed by atoms with Crippen LogP contribution in [0.3, 0.4) is 0 Å². The SMILES string of the molecule is CC(=O)OCC(=O)[C@@]1(OC(=O)C(C)(C)C)CC[C@H]2[C@@H]3CCC4=CC(=O)C=C[C@]4(C)C3=CC[C@@]21C. The lowest BCUT2D eigenvalue weighted by atomic mass is 9.51. The fourth-order valence-corrected chi connectivity index (χ4v) is 6.80. The monoisotopic (exact) mass is 468 g/mol. The first-order chi connectivity index (χ1) is 15.7. The van der Waals surface area contributed by atoms with Gasteiger partial charge < -0.3 is 9.47 Å². The lowest BCUT2D eigenvalue weighted by Crippen LogP contribution is -2.58. The minimum Gasteiger partial charge on any atom is -0.458 e. The molecule has 0 aliphatic heterocycles. The molecule has 4 rings (SSSR count). The number of hydrogen-bond acceptors (Lipinski definition) is 6. The summed E-state index contributed by atoms with van der Waals surface area (Å²) in [6, 6.07) is 0. The Bertz CT molecular complexity index is 1040. The van der Waals surface area contributed by atoms with Crippen LogP contribution in [-0.2, 0) is 28.7 Å². The molecule has 0 aromatic heterocycles. The molecule has 2 saturated carbocycles. The number of ether oxygens (including phenoxy) is 2. The molecule has 6 nitrogen and oxygen atoms in total. The minimum atomic E-state index is -1.34. The van der Waals surface area contributed by atoms with Crippen molar-refractivity contribution >= 4 is 23.5 Å². The third kappa shape index (κ3) is 3.61. The molecule has 0 heterocycles. The van der Waals surface area contributed by atoms with Crippen LogP contribution in [0.25, 0.3) is 0 Å². The van der Waals surface area contributed by atoms with Crippen molar-refractivity contribution in [1.82, 2.24) is 0 Å². The molecule has 0 bridgehead atoms. The van der Waals surface area contributed by atoms with Crippen molar-refractivity contribution in [1.29, 1.82) is 0 Å². The van der Waals surface area contributed by atoms with Gasteiger partial charge in [0.2, 0.25) is 5.78 Å². The Morgan fingerprint density at radius 1 is 1.15 bits per heavy atom. The highest BCUT2D eigenvalue weighted by Crippen LogP contribution is 2.66. The lowest BCUT2D eigenvalue weighted by molar-refractivity contribution is -0.192. The van der Waals surface area contributed by atoms with Crippen LogP contribution in [0.2, 0.25) is 0 Å². The van der Waals surface area contributed by atoms with Crippen LogP contribution in [0.1, 0.15) is 73.6 Å². The summed E-state index contributed by atoms with van der Waals surface area (Å²) in [5, 5.41) is 0. The largest absolute Gasteiger partial charge is 0.458 e. The average molecular weight is 469 g/mol. The molecule has 2 fully saturated rings. The van der Waals surface area contributed by atoms with Crippen LogP contribution in [0.15, 0.2) is 35.5 Å². The van der Waals surface area contributed by atoms with Crippen molar-refractivity contribution < 1.29 is 28.7 Å². The van der Waals surface area contributed by atoms with Gasteiger partial charge in [-0.3, -0.25) is 19.2 Å². The third-order valence-electron chi connectivity index (χ3n) is 8.80. The van der Waals surface area contributed by atoms with E-state index in [1.165, 1.54) is 12.5 Å². The van der Waals surface area contributed by atoms with Gasteiger partial charge >= 0.3 is 11.9 Å². The standard InChI is InChI=1S/C28H36O6/c1-17(29)33-16-23(31)28(34-24(32)25(2,3)4)14-11-22-20-8-7-18-15-19(30)9-12-26(18,5)21(20)10-13-27(22,28)6/h9-10,12,15,20,22H,7-8,11,13-14,16H2,1-6H3/t20-,22+,26+,27+,28+/m1/s1. The maximum absolute atomic E-state index is 13.6. The van der Waals surface area contributed by atoms with Crippen LogP contribution >= 0.6 is 0 Å². The molecule has 0 aromatic rings. The van der Waals surface area contributed by atoms with Gasteiger partial charge in [0, 0.05) is 17.8 Å². The van der Waals surface area contributed by atoms with Gasteiger partial charge in [0.25, 0.3) is 0 Å². The first-order valence-electron chi connectivity index (χ1n) is 12.3. The number of Topliss-reactive ketones (excluding diaryl/α,β-unsaturated/α-hetero) is 1. The molecule has 4 aliphatic rings. The van der Waals surface area contributed by atoms with Crippen molar-refractivity contribution in [3.05, 3.63) is 35.5 Å². The van der Waals surface area contributed by atoms with E-state index in [9.17, 15) is 19.2 Å². The average Bonchev–Trinajstić information content (AvgIpc) is 3.05. The molecule has 0 unspecified atom stereocenters. The summed E-state index contributed by atoms with van der Waals surface area (Å²) in [4.78, 5) is 50.2. The Balaban J connectivity index is 1.75. The Morgan fingerprint density at radius 2 is 1.85 bits per heavy atom. The van der Waals surface area contributed by atoms with Crippen LogP contribution in [0.5, 0.6) is 0 Å². The second kappa shape index (κ2) is 8.03. The summed E-state index contributed by atoms with van der Waals surface area (Å²) in [6.07, 6.45) is 11.2. The number of rotatable bonds is 4. The topological polar surface area (TPSA) is 86.7 Å². The van der Waals surface area contributed by atoms with Crippen LogP contribution < -0.4 is 0 Å². The third-order valence-corrected chi connectivity index (χ3v) is 8.80. The highest BCUT2D eigenvalue weighted by atomic mass is 16.6. The second-order valence-corrected chi connectivity index (χ2v) is 11.8. The lowest BCUT2D eigenvalue weighted by Gasteiger charge is -2.54. The van der Waals surface area contributed by atoms with Gasteiger partial charge in [0.05, 0.1) is 5.41 Å². The Morgan fingerprint density at radius 3 is 2.50 bits per heavy atom. The smallest absolute Gasteiger partial charge is 0.312 e. The normalized spacial score (nSPS) is 36.5. The fraction of sp³-hybridized carbons (Fsp3) is 0.643. The Labute approximate surface area is 201 Å². The summed E-state index contributed by atoms with van der Waals surface area (Å²) in [5.74, 6) is -0.879. The molecule has 0 amide bonds. The maximum Gasteiger partial charge on any atom is 0.312 e. The highest BCUT2D eigenvalue weighted by molar-refractivity contribution is 6.01. The molecular formula is C28H36O6. The van der Waals surface area contributed by atoms with E-state index in [2.05, 4.69) is 19.9 Å². The molecule has 6 heteroatoms. The van der Waals surface area contributed by atoms with Crippen molar-refractivity contribution in [3.63, 3.8) is 0 Å². The first-order valence-corrected chi connectivity index (χ1v) is 12.3. The summed E-state index contributed by atoms with van der Waals surface area (Å²) in [6.45, 7) is 10.4. The molecule has 0 spiro atoms. The molecular weight excluding hydrogens is 432 g/mol. The van der Waals surface area contributed by atoms with Gasteiger partial charge in [-0.25, -0.2) is 0 Å². The van der Waals surface area contributed by atoms with Crippen LogP contribution in [0, 0.1) is 28.1 Å². The highest BCUT2D eigenvalue weighted by Gasteiger charge is 2.67. The predicted octanol–water partition coefficient (Wildman–Crippen LogP) is 4.67. The number of allylic oxidation sites excluding steroid dienone is 6. The van der Waals surface area contributed by atoms with Crippen LogP contribution in [0.4, 0.5) is 0 Å². The minimum absolute atomic E-state index is 0.0391. The van der Waals surface area contributed by atoms with E-state index in [-0.39, 0.29) is 28.8 Å². The summed E-state index contributed by atoms with van der Waals surface area (Å²) in [7, 11) is 0. The molecule has 0 saturated heterocycles. The van der Waals surface area contributed by atoms with E-state index >= 15 is 0 Å². The quantitative estimate of drug-likeness (QED) is 0.440. The van der Waals surface area contributed by atoms with E-state index in [1.807, 2.05) is 6.08 Å². The van der Waals surface area contributed by atoms with Crippen molar-refractivity contribution in [2.75, 3.05) is 6.61 Å². The van der Waals surface area contributed by atoms with Gasteiger partial charge in [-0.1, -0.05) is 30.2 Å². The van der Waals surface area contributed by atoms with Gasteiger partial charge in [0.1, 0.15) is 0 Å². The number of carbonyl (C=O) groups is 4. The fourth-order valence-electron chi connectivity index (χ4n) is 6.80. The molecule has 5 atom stereocenters. The maximum atomic E-state index is 13.6. The zero-order chi connectivity index (χ0) is 25.1. The number of ketones is 2. The molecule has 0 N–H and O–H groups in total. The van der Waals surface area contributed by atoms with Gasteiger partial charge in [-0.15, -0.1) is 0 Å². The van der Waals surface area contributed by atoms with Crippen molar-refractivity contribution in [3.8, 4) is 0 Å². The number of carbonyl (C=O) groups excluding carboxylic acids is 4. The zero-order valence-electron chi connectivity index (χ0n) is 21.2. The number of hydrogen-bond donors (Lipinski definition) is 0. The van der Waals surface area contributed by atoms with Crippen LogP contribution in [-0.4, -0.2) is 35.7 Å². The summed E-state index contributed by atoms with van der Waals surface area (Å²) in [5.41, 5.74) is -0.536. The number of fused-ring (bicyclic) bond motifs is 5. The summed E-state index contributed by atoms with van der Waals surface area (Å²) < 4.78 is 11.3. The summed E-state index contributed by atoms with van der Waals surface area (Å²) >= 11 is 0. The number of esters is 2. The van der Waals surface area contributed by atoms with E-state index < -0.39 is 35.0 Å². The van der Waals surface area contributed by atoms with Gasteiger partial charge in [0.15, 0.2) is 18.0 Å². The van der Waals surface area contributed by atoms with Crippen molar-refractivity contribution in [2.24, 2.45) is 28.1 Å². The molecule has 184 valence electrons. The second-order valence-electron chi connectivity index (χ2n) is 11.8. The van der Waals surface area contributed by atoms with E-state index in [0.29, 0.717) is 12.8 Å². The molecule has 4 aliphatic carbocycles. The van der Waals surface area contributed by atoms with Gasteiger partial charge in [-0.05, 0) is 83.8 Å². The van der Waals surface area contributed by atoms with E-state index in [4.69, 9.17) is 9.47 Å². The molecule has 34 heavy (non-hydrogen) atoms. The van der Waals surface area contributed by atoms with Gasteiger partial charge in [-0.2, -0.15) is 0 Å². The van der Waals surface area contributed by atoms with E-state index in [1.54, 1.807) is 32.9 Å².